The average Bonchev–Trinajstić information content (AvgIpc) is 3.36. The van der Waals surface area contributed by atoms with E-state index in [-0.39, 0.29) is 26.0 Å². The van der Waals surface area contributed by atoms with Crippen LogP contribution in [0.15, 0.2) is 60.7 Å². The first-order chi connectivity index (χ1) is 16.8. The van der Waals surface area contributed by atoms with E-state index in [1.54, 1.807) is 24.3 Å². The zero-order chi connectivity index (χ0) is 25.2. The highest BCUT2D eigenvalue weighted by Gasteiger charge is 2.40. The fourth-order valence-electron chi connectivity index (χ4n) is 3.85. The molecular weight excluding hydrogens is 454 g/mol. The molecule has 1 saturated heterocycles. The second-order valence-electron chi connectivity index (χ2n) is 8.08. The van der Waals surface area contributed by atoms with Gasteiger partial charge < -0.3 is 25.4 Å². The summed E-state index contributed by atoms with van der Waals surface area (Å²) in [6, 6.07) is 16.1. The number of rotatable bonds is 10. The Kier molecular flexibility index (Phi) is 8.94. The van der Waals surface area contributed by atoms with E-state index in [4.69, 9.17) is 9.84 Å². The number of carboxylic acid groups (broad SMARTS) is 1. The molecule has 1 fully saturated rings. The number of alkyl carbamates (subject to hydrolysis) is 1. The highest BCUT2D eigenvalue weighted by molar-refractivity contribution is 6.38. The van der Waals surface area contributed by atoms with Crippen LogP contribution in [0.25, 0.3) is 0 Å². The smallest absolute Gasteiger partial charge is 0.408 e. The molecule has 3 N–H and O–H groups in total. The predicted molar refractivity (Wildman–Crippen MR) is 124 cm³/mol. The summed E-state index contributed by atoms with van der Waals surface area (Å²) in [4.78, 5) is 62.7. The van der Waals surface area contributed by atoms with Crippen molar-refractivity contribution in [2.24, 2.45) is 0 Å². The SMILES string of the molecule is O=C(O)CNC(=O)C(=O)[C@@H]1CCCN1C(=O)[C@H](Cc1ccccc1)NC(=O)OCc1ccccc1. The van der Waals surface area contributed by atoms with Crippen molar-refractivity contribution in [3.8, 4) is 0 Å². The molecular formula is C25H27N3O7. The van der Waals surface area contributed by atoms with E-state index in [0.29, 0.717) is 6.42 Å². The number of nitrogens with zero attached hydrogens (tertiary/aromatic N) is 1. The van der Waals surface area contributed by atoms with Gasteiger partial charge >= 0.3 is 12.1 Å². The van der Waals surface area contributed by atoms with Gasteiger partial charge in [0.2, 0.25) is 11.7 Å². The maximum atomic E-state index is 13.4. The fourth-order valence-corrected chi connectivity index (χ4v) is 3.85. The van der Waals surface area contributed by atoms with Gasteiger partial charge in [-0.05, 0) is 24.0 Å². The quantitative estimate of drug-likeness (QED) is 0.434. The van der Waals surface area contributed by atoms with Crippen molar-refractivity contribution in [2.45, 2.75) is 38.0 Å². The van der Waals surface area contributed by atoms with Crippen LogP contribution >= 0.6 is 0 Å². The van der Waals surface area contributed by atoms with Gasteiger partial charge in [-0.3, -0.25) is 19.2 Å². The molecule has 184 valence electrons. The van der Waals surface area contributed by atoms with Crippen LogP contribution in [0.1, 0.15) is 24.0 Å². The van der Waals surface area contributed by atoms with Crippen LogP contribution in [0.2, 0.25) is 0 Å². The fraction of sp³-hybridized carbons (Fsp3) is 0.320. The summed E-state index contributed by atoms with van der Waals surface area (Å²) in [5.74, 6) is -3.76. The van der Waals surface area contributed by atoms with E-state index >= 15 is 0 Å². The molecule has 3 amide bonds. The van der Waals surface area contributed by atoms with E-state index in [9.17, 15) is 24.0 Å². The summed E-state index contributed by atoms with van der Waals surface area (Å²) < 4.78 is 5.27. The molecule has 10 nitrogen and oxygen atoms in total. The zero-order valence-corrected chi connectivity index (χ0v) is 19.0. The average molecular weight is 482 g/mol. The molecule has 3 rings (SSSR count). The van der Waals surface area contributed by atoms with Crippen molar-refractivity contribution in [1.29, 1.82) is 0 Å². The lowest BCUT2D eigenvalue weighted by Crippen LogP contribution is -2.54. The number of Topliss-reactive ketones (excluding diaryl/α,β-unsaturated/α-hetero) is 1. The molecule has 1 heterocycles. The van der Waals surface area contributed by atoms with E-state index < -0.39 is 48.3 Å². The summed E-state index contributed by atoms with van der Waals surface area (Å²) >= 11 is 0. The Morgan fingerprint density at radius 1 is 0.971 bits per heavy atom. The van der Waals surface area contributed by atoms with Crippen molar-refractivity contribution >= 4 is 29.7 Å². The highest BCUT2D eigenvalue weighted by atomic mass is 16.5. The first kappa shape index (κ1) is 25.4. The summed E-state index contributed by atoms with van der Waals surface area (Å²) in [7, 11) is 0. The van der Waals surface area contributed by atoms with Gasteiger partial charge in [-0.25, -0.2) is 4.79 Å². The first-order valence-corrected chi connectivity index (χ1v) is 11.2. The second kappa shape index (κ2) is 12.3. The van der Waals surface area contributed by atoms with E-state index in [1.807, 2.05) is 41.7 Å². The molecule has 0 radical (unpaired) electrons. The molecule has 10 heteroatoms. The summed E-state index contributed by atoms with van der Waals surface area (Å²) in [6.07, 6.45) is 0.124. The van der Waals surface area contributed by atoms with Crippen LogP contribution in [-0.2, 0) is 36.9 Å². The van der Waals surface area contributed by atoms with Crippen LogP contribution in [0, 0.1) is 0 Å². The number of carbonyl (C=O) groups excluding carboxylic acids is 4. The van der Waals surface area contributed by atoms with Gasteiger partial charge in [0.25, 0.3) is 5.91 Å². The summed E-state index contributed by atoms with van der Waals surface area (Å²) in [6.45, 7) is -0.447. The highest BCUT2D eigenvalue weighted by Crippen LogP contribution is 2.20. The topological polar surface area (TPSA) is 142 Å². The maximum absolute atomic E-state index is 13.4. The van der Waals surface area contributed by atoms with E-state index in [1.165, 1.54) is 4.90 Å². The molecule has 0 spiro atoms. The number of carbonyl (C=O) groups is 5. The van der Waals surface area contributed by atoms with Crippen LogP contribution in [0.4, 0.5) is 4.79 Å². The van der Waals surface area contributed by atoms with Gasteiger partial charge in [-0.1, -0.05) is 60.7 Å². The van der Waals surface area contributed by atoms with Crippen molar-refractivity contribution in [3.63, 3.8) is 0 Å². The van der Waals surface area contributed by atoms with E-state index in [2.05, 4.69) is 5.32 Å². The molecule has 0 saturated carbocycles. The Labute approximate surface area is 202 Å². The number of ketones is 1. The number of ether oxygens (including phenoxy) is 1. The standard InChI is InChI=1S/C25H27N3O7/c29-21(30)15-26-23(32)22(31)20-12-7-13-28(20)24(33)19(14-17-8-3-1-4-9-17)27-25(34)35-16-18-10-5-2-6-11-18/h1-6,8-11,19-20H,7,12-16H2,(H,26,32)(H,27,34)(H,29,30)/t19-,20-/m0/s1. The number of hydrogen-bond donors (Lipinski definition) is 3. The Bertz CT molecular complexity index is 1060. The lowest BCUT2D eigenvalue weighted by molar-refractivity contribution is -0.146. The Morgan fingerprint density at radius 2 is 1.60 bits per heavy atom. The number of hydrogen-bond acceptors (Lipinski definition) is 6. The Morgan fingerprint density at radius 3 is 2.23 bits per heavy atom. The summed E-state index contributed by atoms with van der Waals surface area (Å²) in [5, 5.41) is 13.4. The van der Waals surface area contributed by atoms with E-state index in [0.717, 1.165) is 11.1 Å². The molecule has 35 heavy (non-hydrogen) atoms. The van der Waals surface area contributed by atoms with Gasteiger partial charge in [0.05, 0.1) is 0 Å². The third-order valence-electron chi connectivity index (χ3n) is 5.55. The third kappa shape index (κ3) is 7.39. The lowest BCUT2D eigenvalue weighted by Gasteiger charge is -2.28. The summed E-state index contributed by atoms with van der Waals surface area (Å²) in [5.41, 5.74) is 1.57. The Balaban J connectivity index is 1.71. The molecule has 2 aromatic carbocycles. The number of benzene rings is 2. The number of nitrogens with one attached hydrogen (secondary N) is 2. The van der Waals surface area contributed by atoms with Crippen molar-refractivity contribution in [1.82, 2.24) is 15.5 Å². The molecule has 1 aliphatic rings. The van der Waals surface area contributed by atoms with Gasteiger partial charge in [0.15, 0.2) is 0 Å². The number of likely N-dealkylation sites (tertiary alicyclic amines) is 1. The molecule has 2 aromatic rings. The monoisotopic (exact) mass is 481 g/mol. The van der Waals surface area contributed by atoms with Gasteiger partial charge in [0, 0.05) is 13.0 Å². The predicted octanol–water partition coefficient (Wildman–Crippen LogP) is 1.29. The molecule has 0 unspecified atom stereocenters. The minimum absolute atomic E-state index is 0.0213. The Hall–Kier alpha value is -4.21. The lowest BCUT2D eigenvalue weighted by atomic mass is 10.0. The molecule has 0 aliphatic carbocycles. The minimum Gasteiger partial charge on any atom is -0.480 e. The van der Waals surface area contributed by atoms with Crippen LogP contribution in [0.5, 0.6) is 0 Å². The second-order valence-corrected chi connectivity index (χ2v) is 8.08. The van der Waals surface area contributed by atoms with Crippen molar-refractivity contribution < 1.29 is 33.8 Å². The minimum atomic E-state index is -1.29. The number of carboxylic acids is 1. The molecule has 0 aromatic heterocycles. The maximum Gasteiger partial charge on any atom is 0.408 e. The normalized spacial score (nSPS) is 15.7. The molecule has 1 aliphatic heterocycles. The largest absolute Gasteiger partial charge is 0.480 e. The number of amides is 3. The van der Waals surface area contributed by atoms with Crippen molar-refractivity contribution in [3.05, 3.63) is 71.8 Å². The van der Waals surface area contributed by atoms with Crippen LogP contribution < -0.4 is 10.6 Å². The van der Waals surface area contributed by atoms with Crippen LogP contribution in [0.3, 0.4) is 0 Å². The first-order valence-electron chi connectivity index (χ1n) is 11.2. The molecule has 2 atom stereocenters. The van der Waals surface area contributed by atoms with Crippen molar-refractivity contribution in [2.75, 3.05) is 13.1 Å². The number of aliphatic carboxylic acids is 1. The van der Waals surface area contributed by atoms with Gasteiger partial charge in [0.1, 0.15) is 25.2 Å². The third-order valence-corrected chi connectivity index (χ3v) is 5.55. The zero-order valence-electron chi connectivity index (χ0n) is 19.0. The van der Waals surface area contributed by atoms with Crippen LogP contribution in [-0.4, -0.2) is 64.8 Å². The van der Waals surface area contributed by atoms with Gasteiger partial charge in [-0.2, -0.15) is 0 Å². The molecule has 0 bridgehead atoms. The van der Waals surface area contributed by atoms with Gasteiger partial charge in [-0.15, -0.1) is 0 Å².